The molecule has 3 nitrogen and oxygen atoms in total. The molecule has 4 rings (SSSR count). The number of benzene rings is 1. The van der Waals surface area contributed by atoms with Crippen molar-refractivity contribution in [3.8, 4) is 0 Å². The zero-order chi connectivity index (χ0) is 17.4. The van der Waals surface area contributed by atoms with Crippen molar-refractivity contribution in [3.05, 3.63) is 57.8 Å². The number of carbonyl (C=O) groups is 1. The second kappa shape index (κ2) is 6.50. The molecule has 2 aromatic rings. The number of nitrogens with zero attached hydrogens (tertiary/aromatic N) is 1. The smallest absolute Gasteiger partial charge is 0.257 e. The standard InChI is InChI=1S/C19H20F2N2OS/c20-14-1-2-15(16(21)9-14)18(24)23(11-13-3-8-25-12-13)17-10-19(17)4-6-22-7-5-19/h1-3,8-9,12,17,22H,4-7,10-11H2. The Morgan fingerprint density at radius 2 is 2.08 bits per heavy atom. The van der Waals surface area contributed by atoms with E-state index in [1.54, 1.807) is 16.2 Å². The van der Waals surface area contributed by atoms with E-state index < -0.39 is 11.6 Å². The Hall–Kier alpha value is -1.79. The van der Waals surface area contributed by atoms with Gasteiger partial charge in [-0.1, -0.05) is 0 Å². The predicted octanol–water partition coefficient (Wildman–Crippen LogP) is 3.81. The molecule has 1 aliphatic heterocycles. The van der Waals surface area contributed by atoms with Crippen molar-refractivity contribution in [3.63, 3.8) is 0 Å². The molecular formula is C19H20F2N2OS. The van der Waals surface area contributed by atoms with Crippen LogP contribution in [-0.4, -0.2) is 29.9 Å². The fraction of sp³-hybridized carbons (Fsp3) is 0.421. The van der Waals surface area contributed by atoms with Gasteiger partial charge >= 0.3 is 0 Å². The molecule has 2 fully saturated rings. The van der Waals surface area contributed by atoms with E-state index in [0.717, 1.165) is 50.0 Å². The number of halogens is 2. The zero-order valence-corrected chi connectivity index (χ0v) is 14.6. The van der Waals surface area contributed by atoms with Crippen LogP contribution in [0.1, 0.15) is 35.2 Å². The number of thiophene rings is 1. The van der Waals surface area contributed by atoms with E-state index in [4.69, 9.17) is 0 Å². The van der Waals surface area contributed by atoms with Crippen LogP contribution in [0.4, 0.5) is 8.78 Å². The molecule has 1 aliphatic carbocycles. The number of piperidine rings is 1. The van der Waals surface area contributed by atoms with Gasteiger partial charge in [0.1, 0.15) is 11.6 Å². The fourth-order valence-electron chi connectivity index (χ4n) is 3.95. The van der Waals surface area contributed by atoms with Crippen molar-refractivity contribution in [2.45, 2.75) is 31.8 Å². The van der Waals surface area contributed by atoms with Crippen molar-refractivity contribution in [2.75, 3.05) is 13.1 Å². The topological polar surface area (TPSA) is 32.3 Å². The largest absolute Gasteiger partial charge is 0.331 e. The molecule has 25 heavy (non-hydrogen) atoms. The minimum Gasteiger partial charge on any atom is -0.331 e. The van der Waals surface area contributed by atoms with Gasteiger partial charge < -0.3 is 10.2 Å². The molecule has 1 atom stereocenters. The molecular weight excluding hydrogens is 342 g/mol. The highest BCUT2D eigenvalue weighted by molar-refractivity contribution is 7.07. The lowest BCUT2D eigenvalue weighted by Crippen LogP contribution is -2.39. The molecule has 132 valence electrons. The van der Waals surface area contributed by atoms with E-state index in [0.29, 0.717) is 6.54 Å². The molecule has 0 radical (unpaired) electrons. The number of hydrogen-bond donors (Lipinski definition) is 1. The van der Waals surface area contributed by atoms with E-state index in [-0.39, 0.29) is 22.9 Å². The van der Waals surface area contributed by atoms with Gasteiger partial charge in [-0.25, -0.2) is 8.78 Å². The Balaban J connectivity index is 1.62. The van der Waals surface area contributed by atoms with E-state index in [1.165, 1.54) is 6.07 Å². The first-order chi connectivity index (χ1) is 12.1. The Morgan fingerprint density at radius 3 is 2.76 bits per heavy atom. The minimum absolute atomic E-state index is 0.0485. The average molecular weight is 362 g/mol. The highest BCUT2D eigenvalue weighted by Gasteiger charge is 2.57. The molecule has 2 aliphatic rings. The lowest BCUT2D eigenvalue weighted by atomic mass is 9.93. The van der Waals surface area contributed by atoms with E-state index in [9.17, 15) is 13.6 Å². The molecule has 1 aromatic carbocycles. The Bertz CT molecular complexity index is 772. The molecule has 6 heteroatoms. The van der Waals surface area contributed by atoms with Gasteiger partial charge in [0, 0.05) is 18.7 Å². The number of amides is 1. The molecule has 1 saturated carbocycles. The van der Waals surface area contributed by atoms with Gasteiger partial charge in [-0.15, -0.1) is 0 Å². The molecule has 1 amide bonds. The van der Waals surface area contributed by atoms with Crippen molar-refractivity contribution in [1.29, 1.82) is 0 Å². The SMILES string of the molecule is O=C(c1ccc(F)cc1F)N(Cc1ccsc1)C1CC12CCNCC2. The van der Waals surface area contributed by atoms with Crippen LogP contribution in [0.25, 0.3) is 0 Å². The number of rotatable bonds is 4. The Morgan fingerprint density at radius 1 is 1.28 bits per heavy atom. The Labute approximate surface area is 149 Å². The highest BCUT2D eigenvalue weighted by Crippen LogP contribution is 2.56. The first-order valence-corrected chi connectivity index (χ1v) is 9.51. The third-order valence-electron chi connectivity index (χ3n) is 5.48. The maximum Gasteiger partial charge on any atom is 0.257 e. The fourth-order valence-corrected chi connectivity index (χ4v) is 4.61. The maximum atomic E-state index is 14.2. The summed E-state index contributed by atoms with van der Waals surface area (Å²) in [6.07, 6.45) is 3.04. The van der Waals surface area contributed by atoms with Crippen LogP contribution in [0.3, 0.4) is 0 Å². The number of carbonyl (C=O) groups excluding carboxylic acids is 1. The quantitative estimate of drug-likeness (QED) is 0.897. The summed E-state index contributed by atoms with van der Waals surface area (Å²) in [5.41, 5.74) is 1.16. The van der Waals surface area contributed by atoms with Gasteiger partial charge in [-0.3, -0.25) is 4.79 Å². The zero-order valence-electron chi connectivity index (χ0n) is 13.8. The van der Waals surface area contributed by atoms with Crippen molar-refractivity contribution < 1.29 is 13.6 Å². The number of hydrogen-bond acceptors (Lipinski definition) is 3. The summed E-state index contributed by atoms with van der Waals surface area (Å²) in [6, 6.07) is 5.30. The molecule has 1 saturated heterocycles. The van der Waals surface area contributed by atoms with Gasteiger partial charge in [0.15, 0.2) is 0 Å². The lowest BCUT2D eigenvalue weighted by molar-refractivity contribution is 0.0687. The lowest BCUT2D eigenvalue weighted by Gasteiger charge is -2.29. The van der Waals surface area contributed by atoms with Crippen LogP contribution in [0.15, 0.2) is 35.0 Å². The molecule has 1 spiro atoms. The first-order valence-electron chi connectivity index (χ1n) is 8.57. The summed E-state index contributed by atoms with van der Waals surface area (Å²) in [5.74, 6) is -1.80. The van der Waals surface area contributed by atoms with Crippen molar-refractivity contribution >= 4 is 17.2 Å². The van der Waals surface area contributed by atoms with Crippen LogP contribution in [0, 0.1) is 17.0 Å². The Kier molecular flexibility index (Phi) is 4.33. The average Bonchev–Trinajstić information content (AvgIpc) is 3.04. The van der Waals surface area contributed by atoms with Crippen LogP contribution in [-0.2, 0) is 6.54 Å². The van der Waals surface area contributed by atoms with Crippen LogP contribution < -0.4 is 5.32 Å². The number of nitrogens with one attached hydrogen (secondary N) is 1. The highest BCUT2D eigenvalue weighted by atomic mass is 32.1. The molecule has 1 unspecified atom stereocenters. The molecule has 1 aromatic heterocycles. The third kappa shape index (κ3) is 3.20. The summed E-state index contributed by atoms with van der Waals surface area (Å²) in [5, 5.41) is 7.35. The normalized spacial score (nSPS) is 21.3. The summed E-state index contributed by atoms with van der Waals surface area (Å²) < 4.78 is 27.4. The predicted molar refractivity (Wildman–Crippen MR) is 93.5 cm³/mol. The summed E-state index contributed by atoms with van der Waals surface area (Å²) in [7, 11) is 0. The van der Waals surface area contributed by atoms with Crippen molar-refractivity contribution in [1.82, 2.24) is 10.2 Å². The first kappa shape index (κ1) is 16.7. The summed E-state index contributed by atoms with van der Waals surface area (Å²) in [6.45, 7) is 2.39. The second-order valence-electron chi connectivity index (χ2n) is 7.02. The van der Waals surface area contributed by atoms with E-state index in [2.05, 4.69) is 5.32 Å². The maximum absolute atomic E-state index is 14.2. The van der Waals surface area contributed by atoms with Gasteiger partial charge in [-0.2, -0.15) is 11.3 Å². The van der Waals surface area contributed by atoms with Crippen LogP contribution in [0.2, 0.25) is 0 Å². The monoisotopic (exact) mass is 362 g/mol. The van der Waals surface area contributed by atoms with Gasteiger partial charge in [0.05, 0.1) is 5.56 Å². The van der Waals surface area contributed by atoms with Crippen molar-refractivity contribution in [2.24, 2.45) is 5.41 Å². The van der Waals surface area contributed by atoms with Gasteiger partial charge in [0.25, 0.3) is 5.91 Å². The third-order valence-corrected chi connectivity index (χ3v) is 6.21. The summed E-state index contributed by atoms with van der Waals surface area (Å²) in [4.78, 5) is 14.9. The second-order valence-corrected chi connectivity index (χ2v) is 7.80. The van der Waals surface area contributed by atoms with E-state index in [1.807, 2.05) is 16.8 Å². The minimum atomic E-state index is -0.791. The summed E-state index contributed by atoms with van der Waals surface area (Å²) >= 11 is 1.58. The van der Waals surface area contributed by atoms with Crippen LogP contribution in [0.5, 0.6) is 0 Å². The van der Waals surface area contributed by atoms with Crippen LogP contribution >= 0.6 is 11.3 Å². The van der Waals surface area contributed by atoms with Gasteiger partial charge in [0.2, 0.25) is 0 Å². The molecule has 1 N–H and O–H groups in total. The molecule has 0 bridgehead atoms. The van der Waals surface area contributed by atoms with Gasteiger partial charge in [-0.05, 0) is 72.3 Å². The van der Waals surface area contributed by atoms with E-state index >= 15 is 0 Å². The molecule has 2 heterocycles.